The molecular formula is C15H17ClO2S. The van der Waals surface area contributed by atoms with Gasteiger partial charge in [-0.3, -0.25) is 0 Å². The summed E-state index contributed by atoms with van der Waals surface area (Å²) in [6.45, 7) is 4.18. The summed E-state index contributed by atoms with van der Waals surface area (Å²) in [7, 11) is 3.30. The highest BCUT2D eigenvalue weighted by atomic mass is 35.5. The maximum atomic E-state index is 6.64. The Bertz CT molecular complexity index is 578. The number of alkyl halides is 1. The second kappa shape index (κ2) is 5.85. The number of methoxy groups -OCH3 is 2. The Balaban J connectivity index is 2.47. The van der Waals surface area contributed by atoms with Gasteiger partial charge in [0.25, 0.3) is 0 Å². The lowest BCUT2D eigenvalue weighted by Crippen LogP contribution is -1.98. The van der Waals surface area contributed by atoms with Crippen LogP contribution in [0.1, 0.15) is 26.3 Å². The van der Waals surface area contributed by atoms with E-state index in [-0.39, 0.29) is 5.38 Å². The summed E-state index contributed by atoms with van der Waals surface area (Å²) < 4.78 is 10.7. The number of thiophene rings is 1. The Morgan fingerprint density at radius 3 is 2.37 bits per heavy atom. The molecule has 2 nitrogen and oxygen atoms in total. The molecule has 4 heteroatoms. The molecule has 0 bridgehead atoms. The van der Waals surface area contributed by atoms with E-state index in [2.05, 4.69) is 19.9 Å². The molecule has 1 aromatic carbocycles. The van der Waals surface area contributed by atoms with Crippen LogP contribution in [-0.4, -0.2) is 14.2 Å². The van der Waals surface area contributed by atoms with Crippen LogP contribution < -0.4 is 9.47 Å². The van der Waals surface area contributed by atoms with Gasteiger partial charge in [0.05, 0.1) is 19.6 Å². The fraction of sp³-hybridized carbons (Fsp3) is 0.333. The molecule has 2 aromatic rings. The predicted octanol–water partition coefficient (Wildman–Crippen LogP) is 4.71. The Hall–Kier alpha value is -1.19. The van der Waals surface area contributed by atoms with Crippen molar-refractivity contribution in [2.75, 3.05) is 14.2 Å². The van der Waals surface area contributed by atoms with Crippen LogP contribution >= 0.6 is 22.9 Å². The Kier molecular flexibility index (Phi) is 4.38. The van der Waals surface area contributed by atoms with E-state index in [1.807, 2.05) is 18.2 Å². The van der Waals surface area contributed by atoms with Gasteiger partial charge < -0.3 is 9.47 Å². The van der Waals surface area contributed by atoms with Crippen molar-refractivity contribution in [1.82, 2.24) is 0 Å². The van der Waals surface area contributed by atoms with Gasteiger partial charge in [-0.25, -0.2) is 0 Å². The molecule has 1 heterocycles. The van der Waals surface area contributed by atoms with E-state index in [1.165, 1.54) is 10.4 Å². The van der Waals surface area contributed by atoms with Crippen LogP contribution in [0.2, 0.25) is 0 Å². The molecule has 1 unspecified atom stereocenters. The monoisotopic (exact) mass is 296 g/mol. The third kappa shape index (κ3) is 2.88. The van der Waals surface area contributed by atoms with Crippen molar-refractivity contribution in [3.05, 3.63) is 45.1 Å². The molecule has 1 aromatic heterocycles. The largest absolute Gasteiger partial charge is 0.497 e. The molecule has 1 atom stereocenters. The van der Waals surface area contributed by atoms with Crippen molar-refractivity contribution in [3.63, 3.8) is 0 Å². The molecule has 0 aliphatic heterocycles. The minimum atomic E-state index is -0.219. The second-order valence-corrected chi connectivity index (χ2v) is 6.10. The van der Waals surface area contributed by atoms with Crippen LogP contribution in [0.15, 0.2) is 24.3 Å². The van der Waals surface area contributed by atoms with E-state index in [1.54, 1.807) is 25.6 Å². The topological polar surface area (TPSA) is 18.5 Å². The molecule has 0 aliphatic carbocycles. The van der Waals surface area contributed by atoms with Gasteiger partial charge in [-0.15, -0.1) is 22.9 Å². The molecule has 0 fully saturated rings. The van der Waals surface area contributed by atoms with Gasteiger partial charge in [-0.05, 0) is 43.7 Å². The summed E-state index contributed by atoms with van der Waals surface area (Å²) >= 11 is 8.36. The molecule has 0 amide bonds. The van der Waals surface area contributed by atoms with Crippen molar-refractivity contribution >= 4 is 22.9 Å². The first-order valence-corrected chi connectivity index (χ1v) is 7.25. The molecule has 2 rings (SSSR count). The normalized spacial score (nSPS) is 12.3. The van der Waals surface area contributed by atoms with Gasteiger partial charge >= 0.3 is 0 Å². The number of aryl methyl sites for hydroxylation is 2. The fourth-order valence-electron chi connectivity index (χ4n) is 2.09. The molecule has 0 saturated carbocycles. The zero-order chi connectivity index (χ0) is 14.0. The smallest absolute Gasteiger partial charge is 0.124 e. The highest BCUT2D eigenvalue weighted by Gasteiger charge is 2.20. The number of ether oxygens (including phenoxy) is 2. The van der Waals surface area contributed by atoms with E-state index >= 15 is 0 Å². The van der Waals surface area contributed by atoms with E-state index in [4.69, 9.17) is 21.1 Å². The Labute approximate surface area is 122 Å². The Morgan fingerprint density at radius 1 is 1.11 bits per heavy atom. The van der Waals surface area contributed by atoms with Crippen LogP contribution in [0.5, 0.6) is 11.5 Å². The lowest BCUT2D eigenvalue weighted by Gasteiger charge is -2.15. The number of halogens is 1. The van der Waals surface area contributed by atoms with Crippen molar-refractivity contribution in [2.24, 2.45) is 0 Å². The lowest BCUT2D eigenvalue weighted by molar-refractivity contribution is 0.399. The molecule has 0 aliphatic rings. The van der Waals surface area contributed by atoms with Gasteiger partial charge in [-0.1, -0.05) is 0 Å². The van der Waals surface area contributed by atoms with Crippen molar-refractivity contribution in [1.29, 1.82) is 0 Å². The van der Waals surface area contributed by atoms with Crippen molar-refractivity contribution in [2.45, 2.75) is 19.2 Å². The van der Waals surface area contributed by atoms with Crippen LogP contribution in [0.25, 0.3) is 0 Å². The predicted molar refractivity (Wildman–Crippen MR) is 81.0 cm³/mol. The van der Waals surface area contributed by atoms with Gasteiger partial charge in [0.2, 0.25) is 0 Å². The van der Waals surface area contributed by atoms with Crippen LogP contribution in [0.4, 0.5) is 0 Å². The average molecular weight is 297 g/mol. The average Bonchev–Trinajstić information content (AvgIpc) is 2.76. The first-order chi connectivity index (χ1) is 9.06. The standard InChI is InChI=1S/C15H17ClO2S/c1-9-7-10(2)19-15(9)14(16)12-8-11(17-3)5-6-13(12)18-4/h5-8,14H,1-4H3. The summed E-state index contributed by atoms with van der Waals surface area (Å²) in [5.41, 5.74) is 2.15. The number of benzene rings is 1. The quantitative estimate of drug-likeness (QED) is 0.761. The molecule has 102 valence electrons. The highest BCUT2D eigenvalue weighted by Crippen LogP contribution is 2.41. The fourth-order valence-corrected chi connectivity index (χ4v) is 3.60. The zero-order valence-corrected chi connectivity index (χ0v) is 13.1. The van der Waals surface area contributed by atoms with Crippen molar-refractivity contribution < 1.29 is 9.47 Å². The molecule has 19 heavy (non-hydrogen) atoms. The van der Waals surface area contributed by atoms with E-state index < -0.39 is 0 Å². The van der Waals surface area contributed by atoms with Crippen molar-refractivity contribution in [3.8, 4) is 11.5 Å². The molecule has 0 saturated heterocycles. The third-order valence-electron chi connectivity index (χ3n) is 3.02. The van der Waals surface area contributed by atoms with Crippen LogP contribution in [0.3, 0.4) is 0 Å². The van der Waals surface area contributed by atoms with E-state index in [9.17, 15) is 0 Å². The summed E-state index contributed by atoms with van der Waals surface area (Å²) in [5, 5.41) is -0.219. The summed E-state index contributed by atoms with van der Waals surface area (Å²) in [4.78, 5) is 2.42. The summed E-state index contributed by atoms with van der Waals surface area (Å²) in [5.74, 6) is 1.57. The molecular weight excluding hydrogens is 280 g/mol. The maximum Gasteiger partial charge on any atom is 0.124 e. The number of hydrogen-bond acceptors (Lipinski definition) is 3. The second-order valence-electron chi connectivity index (χ2n) is 4.37. The van der Waals surface area contributed by atoms with E-state index in [0.717, 1.165) is 21.9 Å². The minimum Gasteiger partial charge on any atom is -0.497 e. The minimum absolute atomic E-state index is 0.219. The van der Waals surface area contributed by atoms with Gasteiger partial charge in [0.15, 0.2) is 0 Å². The number of hydrogen-bond donors (Lipinski definition) is 0. The highest BCUT2D eigenvalue weighted by molar-refractivity contribution is 7.12. The molecule has 0 radical (unpaired) electrons. The third-order valence-corrected chi connectivity index (χ3v) is 4.82. The van der Waals surface area contributed by atoms with Gasteiger partial charge in [-0.2, -0.15) is 0 Å². The summed E-state index contributed by atoms with van der Waals surface area (Å²) in [6, 6.07) is 7.85. The summed E-state index contributed by atoms with van der Waals surface area (Å²) in [6.07, 6.45) is 0. The van der Waals surface area contributed by atoms with Crippen LogP contribution in [-0.2, 0) is 0 Å². The Morgan fingerprint density at radius 2 is 1.84 bits per heavy atom. The van der Waals surface area contributed by atoms with E-state index in [0.29, 0.717) is 0 Å². The number of rotatable bonds is 4. The molecule has 0 spiro atoms. The molecule has 0 N–H and O–H groups in total. The SMILES string of the molecule is COc1ccc(OC)c(C(Cl)c2sc(C)cc2C)c1. The first kappa shape index (κ1) is 14.2. The van der Waals surface area contributed by atoms with Crippen LogP contribution in [0, 0.1) is 13.8 Å². The van der Waals surface area contributed by atoms with Gasteiger partial charge in [0, 0.05) is 15.3 Å². The lowest BCUT2D eigenvalue weighted by atomic mass is 10.1. The van der Waals surface area contributed by atoms with Gasteiger partial charge in [0.1, 0.15) is 11.5 Å². The maximum absolute atomic E-state index is 6.64. The first-order valence-electron chi connectivity index (χ1n) is 5.99. The zero-order valence-electron chi connectivity index (χ0n) is 11.5.